The average Bonchev–Trinajstić information content (AvgIpc) is 2.77. The highest BCUT2D eigenvalue weighted by Gasteiger charge is 2.34. The molecule has 1 fully saturated rings. The Bertz CT molecular complexity index is 600. The highest BCUT2D eigenvalue weighted by atomic mass is 16.5. The molecule has 3 rings (SSSR count). The zero-order valence-corrected chi connectivity index (χ0v) is 11.3. The van der Waals surface area contributed by atoms with E-state index in [4.69, 9.17) is 20.2 Å². The van der Waals surface area contributed by atoms with Gasteiger partial charge in [-0.1, -0.05) is 0 Å². The van der Waals surface area contributed by atoms with Crippen molar-refractivity contribution in [2.24, 2.45) is 12.8 Å². The van der Waals surface area contributed by atoms with Crippen molar-refractivity contribution in [3.05, 3.63) is 24.0 Å². The Morgan fingerprint density at radius 3 is 2.79 bits per heavy atom. The van der Waals surface area contributed by atoms with E-state index in [2.05, 4.69) is 4.57 Å². The van der Waals surface area contributed by atoms with Gasteiger partial charge < -0.3 is 19.8 Å². The monoisotopic (exact) mass is 261 g/mol. The molecule has 102 valence electrons. The van der Waals surface area contributed by atoms with Gasteiger partial charge in [0.05, 0.1) is 23.7 Å². The molecule has 2 aromatic rings. The molecule has 0 aliphatic carbocycles. The molecule has 0 spiro atoms. The number of ether oxygens (including phenoxy) is 2. The van der Waals surface area contributed by atoms with E-state index in [0.717, 1.165) is 35.4 Å². The van der Waals surface area contributed by atoms with E-state index in [0.29, 0.717) is 13.2 Å². The summed E-state index contributed by atoms with van der Waals surface area (Å²) in [6.45, 7) is 1.39. The van der Waals surface area contributed by atoms with E-state index in [1.54, 1.807) is 7.11 Å². The van der Waals surface area contributed by atoms with Crippen LogP contribution >= 0.6 is 0 Å². The summed E-state index contributed by atoms with van der Waals surface area (Å²) in [5, 5.41) is 0. The second kappa shape index (κ2) is 4.51. The van der Waals surface area contributed by atoms with Gasteiger partial charge in [-0.3, -0.25) is 0 Å². The first kappa shape index (κ1) is 12.4. The highest BCUT2D eigenvalue weighted by Crippen LogP contribution is 2.31. The largest absolute Gasteiger partial charge is 0.497 e. The minimum atomic E-state index is -0.390. The summed E-state index contributed by atoms with van der Waals surface area (Å²) in [5.41, 5.74) is 8.13. The first-order chi connectivity index (χ1) is 9.14. The Balaban J connectivity index is 2.11. The quantitative estimate of drug-likeness (QED) is 0.891. The fourth-order valence-corrected chi connectivity index (χ4v) is 2.71. The van der Waals surface area contributed by atoms with E-state index < -0.39 is 0 Å². The first-order valence-corrected chi connectivity index (χ1v) is 6.52. The molecule has 19 heavy (non-hydrogen) atoms. The number of fused-ring (bicyclic) bond motifs is 1. The summed E-state index contributed by atoms with van der Waals surface area (Å²) in [6, 6.07) is 5.91. The number of aromatic nitrogens is 2. The van der Waals surface area contributed by atoms with Crippen molar-refractivity contribution < 1.29 is 9.47 Å². The Hall–Kier alpha value is -1.59. The number of hydrogen-bond acceptors (Lipinski definition) is 4. The normalized spacial score (nSPS) is 18.7. The molecule has 5 nitrogen and oxygen atoms in total. The van der Waals surface area contributed by atoms with Crippen LogP contribution in [-0.4, -0.2) is 29.9 Å². The molecule has 2 N–H and O–H groups in total. The third-order valence-corrected chi connectivity index (χ3v) is 3.92. The maximum Gasteiger partial charge on any atom is 0.129 e. The van der Waals surface area contributed by atoms with Crippen molar-refractivity contribution in [2.75, 3.05) is 20.3 Å². The maximum atomic E-state index is 6.52. The summed E-state index contributed by atoms with van der Waals surface area (Å²) < 4.78 is 12.7. The average molecular weight is 261 g/mol. The van der Waals surface area contributed by atoms with Crippen LogP contribution in [0.4, 0.5) is 0 Å². The van der Waals surface area contributed by atoms with Crippen molar-refractivity contribution in [3.8, 4) is 5.75 Å². The van der Waals surface area contributed by atoms with Crippen LogP contribution in [0.15, 0.2) is 18.2 Å². The molecule has 0 unspecified atom stereocenters. The Kier molecular flexibility index (Phi) is 2.95. The molecule has 0 bridgehead atoms. The van der Waals surface area contributed by atoms with E-state index in [9.17, 15) is 0 Å². The van der Waals surface area contributed by atoms with Crippen LogP contribution in [-0.2, 0) is 17.3 Å². The lowest BCUT2D eigenvalue weighted by Gasteiger charge is -2.32. The van der Waals surface area contributed by atoms with Gasteiger partial charge in [-0.2, -0.15) is 0 Å². The van der Waals surface area contributed by atoms with Crippen molar-refractivity contribution in [2.45, 2.75) is 18.4 Å². The van der Waals surface area contributed by atoms with Gasteiger partial charge in [0.15, 0.2) is 0 Å². The van der Waals surface area contributed by atoms with E-state index >= 15 is 0 Å². The van der Waals surface area contributed by atoms with Gasteiger partial charge in [0.1, 0.15) is 11.6 Å². The molecule has 1 saturated heterocycles. The smallest absolute Gasteiger partial charge is 0.129 e. The van der Waals surface area contributed by atoms with Crippen LogP contribution in [0, 0.1) is 0 Å². The number of hydrogen-bond donors (Lipinski definition) is 1. The van der Waals surface area contributed by atoms with Crippen LogP contribution in [0.5, 0.6) is 5.75 Å². The summed E-state index contributed by atoms with van der Waals surface area (Å²) in [7, 11) is 3.68. The van der Waals surface area contributed by atoms with Gasteiger partial charge in [0.25, 0.3) is 0 Å². The third-order valence-electron chi connectivity index (χ3n) is 3.92. The Labute approximate surface area is 112 Å². The number of methoxy groups -OCH3 is 1. The number of nitrogens with two attached hydrogens (primary N) is 1. The van der Waals surface area contributed by atoms with Crippen LogP contribution in [0.1, 0.15) is 18.7 Å². The van der Waals surface area contributed by atoms with Gasteiger partial charge in [-0.25, -0.2) is 4.98 Å². The van der Waals surface area contributed by atoms with E-state index in [1.165, 1.54) is 0 Å². The van der Waals surface area contributed by atoms with Crippen molar-refractivity contribution in [1.29, 1.82) is 0 Å². The molecule has 0 radical (unpaired) electrons. The van der Waals surface area contributed by atoms with E-state index in [-0.39, 0.29) is 5.54 Å². The molecule has 1 aromatic heterocycles. The zero-order valence-electron chi connectivity index (χ0n) is 11.3. The zero-order chi connectivity index (χ0) is 13.5. The highest BCUT2D eigenvalue weighted by molar-refractivity contribution is 5.78. The second-order valence-electron chi connectivity index (χ2n) is 5.12. The third kappa shape index (κ3) is 1.99. The van der Waals surface area contributed by atoms with Crippen molar-refractivity contribution in [1.82, 2.24) is 9.55 Å². The molecular formula is C14H19N3O2. The maximum absolute atomic E-state index is 6.52. The summed E-state index contributed by atoms with van der Waals surface area (Å²) in [6.07, 6.45) is 1.61. The van der Waals surface area contributed by atoms with Crippen LogP contribution in [0.2, 0.25) is 0 Å². The minimum Gasteiger partial charge on any atom is -0.497 e. The molecule has 2 heterocycles. The predicted octanol–water partition coefficient (Wildman–Crippen LogP) is 1.55. The van der Waals surface area contributed by atoms with Crippen molar-refractivity contribution >= 4 is 11.0 Å². The molecule has 0 amide bonds. The molecule has 1 aliphatic rings. The standard InChI is InChI=1S/C14H19N3O2/c1-17-12-4-3-10(18-2)9-11(12)16-13(17)14(15)5-7-19-8-6-14/h3-4,9H,5-8,15H2,1-2H3. The van der Waals surface area contributed by atoms with Gasteiger partial charge in [0, 0.05) is 26.3 Å². The Morgan fingerprint density at radius 1 is 1.37 bits per heavy atom. The fourth-order valence-electron chi connectivity index (χ4n) is 2.71. The van der Waals surface area contributed by atoms with Crippen LogP contribution < -0.4 is 10.5 Å². The Morgan fingerprint density at radius 2 is 2.11 bits per heavy atom. The SMILES string of the molecule is COc1ccc2c(c1)nc(C1(N)CCOCC1)n2C. The molecule has 0 atom stereocenters. The van der Waals surface area contributed by atoms with Crippen LogP contribution in [0.25, 0.3) is 11.0 Å². The summed E-state index contributed by atoms with van der Waals surface area (Å²) in [4.78, 5) is 4.72. The number of benzene rings is 1. The molecule has 0 saturated carbocycles. The summed E-state index contributed by atoms with van der Waals surface area (Å²) >= 11 is 0. The minimum absolute atomic E-state index is 0.390. The van der Waals surface area contributed by atoms with Gasteiger partial charge in [-0.15, -0.1) is 0 Å². The summed E-state index contributed by atoms with van der Waals surface area (Å²) in [5.74, 6) is 1.74. The molecule has 1 aliphatic heterocycles. The second-order valence-corrected chi connectivity index (χ2v) is 5.12. The molecule has 1 aromatic carbocycles. The van der Waals surface area contributed by atoms with Crippen molar-refractivity contribution in [3.63, 3.8) is 0 Å². The molecule has 5 heteroatoms. The first-order valence-electron chi connectivity index (χ1n) is 6.52. The van der Waals surface area contributed by atoms with Gasteiger partial charge >= 0.3 is 0 Å². The number of aryl methyl sites for hydroxylation is 1. The topological polar surface area (TPSA) is 62.3 Å². The fraction of sp³-hybridized carbons (Fsp3) is 0.500. The van der Waals surface area contributed by atoms with Gasteiger partial charge in [0.2, 0.25) is 0 Å². The lowest BCUT2D eigenvalue weighted by Crippen LogP contribution is -2.44. The lowest BCUT2D eigenvalue weighted by atomic mass is 9.90. The number of rotatable bonds is 2. The van der Waals surface area contributed by atoms with E-state index in [1.807, 2.05) is 25.2 Å². The lowest BCUT2D eigenvalue weighted by molar-refractivity contribution is 0.0484. The predicted molar refractivity (Wildman–Crippen MR) is 73.2 cm³/mol. The molecular weight excluding hydrogens is 242 g/mol. The van der Waals surface area contributed by atoms with Crippen LogP contribution in [0.3, 0.4) is 0 Å². The number of imidazole rings is 1. The number of nitrogens with zero attached hydrogens (tertiary/aromatic N) is 2. The van der Waals surface area contributed by atoms with Gasteiger partial charge in [-0.05, 0) is 25.0 Å².